The molecule has 0 fully saturated rings. The second kappa shape index (κ2) is 12.3. The van der Waals surface area contributed by atoms with Crippen molar-refractivity contribution in [3.63, 3.8) is 0 Å². The molecule has 194 valence electrons. The maximum atomic E-state index is 11.6. The van der Waals surface area contributed by atoms with Crippen LogP contribution in [0.2, 0.25) is 5.02 Å². The van der Waals surface area contributed by atoms with Gasteiger partial charge in [-0.25, -0.2) is 8.42 Å². The highest BCUT2D eigenvalue weighted by Gasteiger charge is 2.18. The van der Waals surface area contributed by atoms with Gasteiger partial charge in [-0.3, -0.25) is 4.72 Å². The summed E-state index contributed by atoms with van der Waals surface area (Å²) in [4.78, 5) is 0. The summed E-state index contributed by atoms with van der Waals surface area (Å²) in [5, 5.41) is 24.8. The van der Waals surface area contributed by atoms with Crippen LogP contribution >= 0.6 is 11.6 Å². The molecule has 8 nitrogen and oxygen atoms in total. The van der Waals surface area contributed by atoms with Gasteiger partial charge in [0.15, 0.2) is 11.5 Å². The second-order valence-electron chi connectivity index (χ2n) is 8.45. The van der Waals surface area contributed by atoms with Gasteiger partial charge in [0.1, 0.15) is 5.75 Å². The Bertz CT molecular complexity index is 1290. The lowest BCUT2D eigenvalue weighted by Gasteiger charge is -2.23. The largest absolute Gasteiger partial charge is 0.506 e. The molecule has 0 unspecified atom stereocenters. The first-order chi connectivity index (χ1) is 17.1. The number of nitrogens with one attached hydrogen (secondary N) is 2. The molecule has 0 heterocycles. The predicted octanol–water partition coefficient (Wildman–Crippen LogP) is 3.91. The van der Waals surface area contributed by atoms with E-state index in [9.17, 15) is 18.6 Å². The van der Waals surface area contributed by atoms with Gasteiger partial charge in [0.05, 0.1) is 32.3 Å². The molecule has 3 rings (SSSR count). The first kappa shape index (κ1) is 27.6. The predicted molar refractivity (Wildman–Crippen MR) is 142 cm³/mol. The van der Waals surface area contributed by atoms with Gasteiger partial charge in [-0.05, 0) is 59.9 Å². The lowest BCUT2D eigenvalue weighted by atomic mass is 9.97. The zero-order chi connectivity index (χ0) is 26.3. The molecule has 0 aromatic heterocycles. The van der Waals surface area contributed by atoms with Crippen molar-refractivity contribution in [3.8, 4) is 17.2 Å². The van der Waals surface area contributed by atoms with Gasteiger partial charge >= 0.3 is 0 Å². The van der Waals surface area contributed by atoms with E-state index in [0.717, 1.165) is 17.4 Å². The number of benzene rings is 3. The molecule has 0 saturated carbocycles. The van der Waals surface area contributed by atoms with Gasteiger partial charge in [-0.2, -0.15) is 0 Å². The number of hydrogen-bond donors (Lipinski definition) is 4. The van der Waals surface area contributed by atoms with Crippen LogP contribution in [0.15, 0.2) is 60.7 Å². The van der Waals surface area contributed by atoms with Crippen molar-refractivity contribution >= 4 is 27.3 Å². The SMILES string of the molecule is COc1ccc([C@@H](Cc2ccccc2Cl)NC[C@@H](O)Cc2ccc(O)c(NS(C)(=O)=O)c2)cc1OC. The number of rotatable bonds is 12. The number of anilines is 1. The Morgan fingerprint density at radius 2 is 1.69 bits per heavy atom. The van der Waals surface area contributed by atoms with Crippen LogP contribution in [0.5, 0.6) is 17.2 Å². The third-order valence-corrected chi connectivity index (χ3v) is 6.58. The molecule has 0 saturated heterocycles. The lowest BCUT2D eigenvalue weighted by molar-refractivity contribution is 0.167. The Morgan fingerprint density at radius 3 is 2.36 bits per heavy atom. The average molecular weight is 535 g/mol. The van der Waals surface area contributed by atoms with Gasteiger partial charge < -0.3 is 25.0 Å². The highest BCUT2D eigenvalue weighted by Crippen LogP contribution is 2.32. The molecule has 3 aromatic carbocycles. The second-order valence-corrected chi connectivity index (χ2v) is 10.6. The summed E-state index contributed by atoms with van der Waals surface area (Å²) in [6.45, 7) is 0.249. The summed E-state index contributed by atoms with van der Waals surface area (Å²) in [5.41, 5.74) is 2.62. The molecule has 0 amide bonds. The Labute approximate surface area is 216 Å². The van der Waals surface area contributed by atoms with E-state index in [4.69, 9.17) is 21.1 Å². The minimum Gasteiger partial charge on any atom is -0.506 e. The number of methoxy groups -OCH3 is 2. The molecule has 0 aliphatic heterocycles. The molecule has 0 radical (unpaired) electrons. The van der Waals surface area contributed by atoms with E-state index in [0.29, 0.717) is 28.5 Å². The number of ether oxygens (including phenoxy) is 2. The third-order valence-electron chi connectivity index (χ3n) is 5.62. The summed E-state index contributed by atoms with van der Waals surface area (Å²) < 4.78 is 36.2. The zero-order valence-electron chi connectivity index (χ0n) is 20.4. The van der Waals surface area contributed by atoms with Gasteiger partial charge in [-0.1, -0.05) is 41.9 Å². The van der Waals surface area contributed by atoms with Crippen LogP contribution in [0, 0.1) is 0 Å². The van der Waals surface area contributed by atoms with Gasteiger partial charge in [0.25, 0.3) is 0 Å². The maximum absolute atomic E-state index is 11.6. The third kappa shape index (κ3) is 7.76. The van der Waals surface area contributed by atoms with Gasteiger partial charge in [-0.15, -0.1) is 0 Å². The monoisotopic (exact) mass is 534 g/mol. The Kier molecular flexibility index (Phi) is 9.44. The van der Waals surface area contributed by atoms with Crippen LogP contribution in [0.4, 0.5) is 5.69 Å². The summed E-state index contributed by atoms with van der Waals surface area (Å²) in [7, 11) is -0.403. The number of aromatic hydroxyl groups is 1. The minimum atomic E-state index is -3.56. The molecular weight excluding hydrogens is 504 g/mol. The molecule has 10 heteroatoms. The van der Waals surface area contributed by atoms with Crippen molar-refractivity contribution in [2.24, 2.45) is 0 Å². The van der Waals surface area contributed by atoms with Crippen molar-refractivity contribution in [1.29, 1.82) is 0 Å². The highest BCUT2D eigenvalue weighted by molar-refractivity contribution is 7.92. The fourth-order valence-electron chi connectivity index (χ4n) is 3.88. The minimum absolute atomic E-state index is 0.0667. The molecule has 4 N–H and O–H groups in total. The van der Waals surface area contributed by atoms with E-state index < -0.39 is 16.1 Å². The first-order valence-corrected chi connectivity index (χ1v) is 13.5. The first-order valence-electron chi connectivity index (χ1n) is 11.3. The molecule has 0 bridgehead atoms. The summed E-state index contributed by atoms with van der Waals surface area (Å²) >= 11 is 6.41. The van der Waals surface area contributed by atoms with E-state index in [2.05, 4.69) is 10.0 Å². The van der Waals surface area contributed by atoms with E-state index in [-0.39, 0.29) is 30.4 Å². The fraction of sp³-hybridized carbons (Fsp3) is 0.308. The van der Waals surface area contributed by atoms with Gasteiger partial charge in [0.2, 0.25) is 10.0 Å². The van der Waals surface area contributed by atoms with Crippen LogP contribution in [0.1, 0.15) is 22.7 Å². The topological polar surface area (TPSA) is 117 Å². The smallest absolute Gasteiger partial charge is 0.229 e. The van der Waals surface area contributed by atoms with Crippen molar-refractivity contribution in [1.82, 2.24) is 5.32 Å². The molecule has 0 aliphatic rings. The number of phenols is 1. The molecule has 2 atom stereocenters. The van der Waals surface area contributed by atoms with Crippen molar-refractivity contribution in [3.05, 3.63) is 82.4 Å². The Morgan fingerprint density at radius 1 is 0.972 bits per heavy atom. The van der Waals surface area contributed by atoms with E-state index in [1.165, 1.54) is 12.1 Å². The van der Waals surface area contributed by atoms with Gasteiger partial charge in [0, 0.05) is 17.6 Å². The normalized spacial score (nSPS) is 13.1. The number of hydrogen-bond acceptors (Lipinski definition) is 7. The average Bonchev–Trinajstić information content (AvgIpc) is 2.83. The molecular formula is C26H31ClN2O6S. The van der Waals surface area contributed by atoms with Crippen LogP contribution < -0.4 is 19.5 Å². The van der Waals surface area contributed by atoms with E-state index >= 15 is 0 Å². The summed E-state index contributed by atoms with van der Waals surface area (Å²) in [5.74, 6) is 1.02. The number of sulfonamides is 1. The number of halogens is 1. The summed E-state index contributed by atoms with van der Waals surface area (Å²) in [6, 6.07) is 17.6. The highest BCUT2D eigenvalue weighted by atomic mass is 35.5. The van der Waals surface area contributed by atoms with Crippen molar-refractivity contribution in [2.75, 3.05) is 31.7 Å². The summed E-state index contributed by atoms with van der Waals surface area (Å²) in [6.07, 6.45) is 1.04. The standard InChI is InChI=1S/C26H31ClN2O6S/c1-34-25-11-9-19(15-26(25)35-2)22(14-18-6-4-5-7-21(18)27)28-16-20(30)12-17-8-10-24(31)23(13-17)29-36(3,32)33/h4-11,13,15,20,22,28-31H,12,14,16H2,1-3H3/t20-,22+/m0/s1. The zero-order valence-corrected chi connectivity index (χ0v) is 21.9. The van der Waals surface area contributed by atoms with Crippen LogP contribution in [0.3, 0.4) is 0 Å². The molecule has 0 aliphatic carbocycles. The van der Waals surface area contributed by atoms with Crippen LogP contribution in [0.25, 0.3) is 0 Å². The van der Waals surface area contributed by atoms with E-state index in [1.54, 1.807) is 20.3 Å². The number of aliphatic hydroxyl groups is 1. The van der Waals surface area contributed by atoms with Crippen LogP contribution in [-0.2, 0) is 22.9 Å². The quantitative estimate of drug-likeness (QED) is 0.260. The molecule has 3 aromatic rings. The Balaban J connectivity index is 1.77. The van der Waals surface area contributed by atoms with E-state index in [1.807, 2.05) is 42.5 Å². The molecule has 36 heavy (non-hydrogen) atoms. The maximum Gasteiger partial charge on any atom is 0.229 e. The Hall–Kier alpha value is -2.98. The fourth-order valence-corrected chi connectivity index (χ4v) is 4.65. The van der Waals surface area contributed by atoms with Crippen molar-refractivity contribution < 1.29 is 28.1 Å². The van der Waals surface area contributed by atoms with Crippen LogP contribution in [-0.4, -0.2) is 51.8 Å². The van der Waals surface area contributed by atoms with Crippen molar-refractivity contribution in [2.45, 2.75) is 25.0 Å². The molecule has 0 spiro atoms. The number of aliphatic hydroxyl groups excluding tert-OH is 1. The lowest BCUT2D eigenvalue weighted by Crippen LogP contribution is -2.32. The number of phenolic OH excluding ortho intramolecular Hbond substituents is 1.